The average Bonchev–Trinajstić information content (AvgIpc) is 3.03. The maximum Gasteiger partial charge on any atom is 0.330 e. The SMILES string of the molecule is CC(C)(O)c1ccc(N2CC(C#N)N(c3cncc4ccccc34)C2=O)cc1. The molecule has 1 fully saturated rings. The Kier molecular flexibility index (Phi) is 4.25. The quantitative estimate of drug-likeness (QED) is 0.758. The fourth-order valence-electron chi connectivity index (χ4n) is 3.52. The van der Waals surface area contributed by atoms with Gasteiger partial charge in [0.1, 0.15) is 6.04 Å². The number of hydrogen-bond donors (Lipinski definition) is 1. The lowest BCUT2D eigenvalue weighted by atomic mass is 9.98. The monoisotopic (exact) mass is 372 g/mol. The molecule has 0 saturated carbocycles. The van der Waals surface area contributed by atoms with Crippen LogP contribution in [0.2, 0.25) is 0 Å². The van der Waals surface area contributed by atoms with Crippen molar-refractivity contribution in [1.82, 2.24) is 4.98 Å². The van der Waals surface area contributed by atoms with E-state index in [-0.39, 0.29) is 12.6 Å². The van der Waals surface area contributed by atoms with Crippen LogP contribution < -0.4 is 9.80 Å². The van der Waals surface area contributed by atoms with Crippen LogP contribution in [-0.4, -0.2) is 28.7 Å². The highest BCUT2D eigenvalue weighted by atomic mass is 16.3. The van der Waals surface area contributed by atoms with Gasteiger partial charge in [0.15, 0.2) is 0 Å². The van der Waals surface area contributed by atoms with Gasteiger partial charge in [-0.3, -0.25) is 14.8 Å². The molecule has 2 heterocycles. The Morgan fingerprint density at radius 2 is 1.86 bits per heavy atom. The van der Waals surface area contributed by atoms with Crippen LogP contribution >= 0.6 is 0 Å². The number of fused-ring (bicyclic) bond motifs is 1. The molecule has 1 N–H and O–H groups in total. The second-order valence-electron chi connectivity index (χ2n) is 7.39. The van der Waals surface area contributed by atoms with Crippen molar-refractivity contribution in [1.29, 1.82) is 5.26 Å². The van der Waals surface area contributed by atoms with Gasteiger partial charge in [0, 0.05) is 22.7 Å². The summed E-state index contributed by atoms with van der Waals surface area (Å²) in [7, 11) is 0. The van der Waals surface area contributed by atoms with Crippen molar-refractivity contribution in [2.24, 2.45) is 0 Å². The number of aromatic nitrogens is 1. The molecule has 1 aromatic heterocycles. The molecular weight excluding hydrogens is 352 g/mol. The Morgan fingerprint density at radius 3 is 2.54 bits per heavy atom. The number of carbonyl (C=O) groups excluding carboxylic acids is 1. The average molecular weight is 372 g/mol. The Balaban J connectivity index is 1.73. The number of carbonyl (C=O) groups is 1. The van der Waals surface area contributed by atoms with E-state index in [0.717, 1.165) is 16.3 Å². The molecule has 1 aliphatic rings. The lowest BCUT2D eigenvalue weighted by Gasteiger charge is -2.22. The Hall–Kier alpha value is -3.43. The van der Waals surface area contributed by atoms with Crippen LogP contribution in [0.5, 0.6) is 0 Å². The summed E-state index contributed by atoms with van der Waals surface area (Å²) in [5.74, 6) is 0. The zero-order chi connectivity index (χ0) is 19.9. The van der Waals surface area contributed by atoms with E-state index in [9.17, 15) is 15.2 Å². The van der Waals surface area contributed by atoms with Gasteiger partial charge in [0.25, 0.3) is 0 Å². The van der Waals surface area contributed by atoms with Gasteiger partial charge in [-0.2, -0.15) is 5.26 Å². The third kappa shape index (κ3) is 2.96. The first kappa shape index (κ1) is 18.0. The second-order valence-corrected chi connectivity index (χ2v) is 7.39. The van der Waals surface area contributed by atoms with Crippen molar-refractivity contribution in [2.45, 2.75) is 25.5 Å². The lowest BCUT2D eigenvalue weighted by molar-refractivity contribution is 0.0786. The molecular formula is C22H20N4O2. The van der Waals surface area contributed by atoms with E-state index in [4.69, 9.17) is 0 Å². The molecule has 1 saturated heterocycles. The number of anilines is 2. The van der Waals surface area contributed by atoms with Crippen LogP contribution in [0.15, 0.2) is 60.9 Å². The number of nitriles is 1. The molecule has 0 spiro atoms. The summed E-state index contributed by atoms with van der Waals surface area (Å²) in [5, 5.41) is 21.6. The first-order chi connectivity index (χ1) is 13.4. The maximum atomic E-state index is 13.2. The lowest BCUT2D eigenvalue weighted by Crippen LogP contribution is -2.34. The number of rotatable bonds is 3. The van der Waals surface area contributed by atoms with E-state index in [2.05, 4.69) is 11.1 Å². The molecule has 4 rings (SSSR count). The zero-order valence-corrected chi connectivity index (χ0v) is 15.7. The molecule has 3 aromatic rings. The number of benzene rings is 2. The van der Waals surface area contributed by atoms with Crippen LogP contribution in [0, 0.1) is 11.3 Å². The Morgan fingerprint density at radius 1 is 1.14 bits per heavy atom. The Bertz CT molecular complexity index is 1070. The fourth-order valence-corrected chi connectivity index (χ4v) is 3.52. The minimum Gasteiger partial charge on any atom is -0.386 e. The number of aliphatic hydroxyl groups is 1. The largest absolute Gasteiger partial charge is 0.386 e. The van der Waals surface area contributed by atoms with Crippen molar-refractivity contribution >= 4 is 28.2 Å². The second kappa shape index (κ2) is 6.63. The van der Waals surface area contributed by atoms with Crippen LogP contribution in [0.1, 0.15) is 19.4 Å². The third-order valence-electron chi connectivity index (χ3n) is 5.05. The predicted octanol–water partition coefficient (Wildman–Crippen LogP) is 3.80. The van der Waals surface area contributed by atoms with E-state index in [1.54, 1.807) is 55.4 Å². The number of pyridine rings is 1. The normalized spacial score (nSPS) is 17.2. The highest BCUT2D eigenvalue weighted by Gasteiger charge is 2.40. The maximum absolute atomic E-state index is 13.2. The third-order valence-corrected chi connectivity index (χ3v) is 5.05. The smallest absolute Gasteiger partial charge is 0.330 e. The van der Waals surface area contributed by atoms with E-state index in [1.807, 2.05) is 24.3 Å². The van der Waals surface area contributed by atoms with Gasteiger partial charge in [-0.15, -0.1) is 0 Å². The molecule has 0 bridgehead atoms. The van der Waals surface area contributed by atoms with Gasteiger partial charge in [-0.1, -0.05) is 36.4 Å². The topological polar surface area (TPSA) is 80.5 Å². The van der Waals surface area contributed by atoms with E-state index in [1.165, 1.54) is 4.90 Å². The van der Waals surface area contributed by atoms with Crippen molar-refractivity contribution in [3.63, 3.8) is 0 Å². The van der Waals surface area contributed by atoms with Gasteiger partial charge >= 0.3 is 6.03 Å². The standard InChI is InChI=1S/C22H20N4O2/c1-22(2,28)16-7-9-17(10-8-16)25-14-18(11-23)26(21(25)27)20-13-24-12-15-5-3-4-6-19(15)20/h3-10,12-13,18,28H,14H2,1-2H3. The summed E-state index contributed by atoms with van der Waals surface area (Å²) in [6.45, 7) is 3.69. The molecule has 0 radical (unpaired) electrons. The number of hydrogen-bond acceptors (Lipinski definition) is 4. The molecule has 2 amide bonds. The summed E-state index contributed by atoms with van der Waals surface area (Å²) in [6.07, 6.45) is 3.37. The predicted molar refractivity (Wildman–Crippen MR) is 108 cm³/mol. The molecule has 140 valence electrons. The molecule has 6 nitrogen and oxygen atoms in total. The minimum atomic E-state index is -0.955. The fraction of sp³-hybridized carbons (Fsp3) is 0.227. The van der Waals surface area contributed by atoms with Crippen molar-refractivity contribution in [2.75, 3.05) is 16.3 Å². The van der Waals surface area contributed by atoms with Gasteiger partial charge in [0.05, 0.1) is 30.1 Å². The molecule has 2 aromatic carbocycles. The molecule has 1 unspecified atom stereocenters. The van der Waals surface area contributed by atoms with E-state index < -0.39 is 11.6 Å². The van der Waals surface area contributed by atoms with Crippen molar-refractivity contribution < 1.29 is 9.90 Å². The summed E-state index contributed by atoms with van der Waals surface area (Å²) < 4.78 is 0. The van der Waals surface area contributed by atoms with Crippen LogP contribution in [0.3, 0.4) is 0 Å². The Labute approximate surface area is 163 Å². The molecule has 6 heteroatoms. The van der Waals surface area contributed by atoms with Gasteiger partial charge < -0.3 is 5.11 Å². The minimum absolute atomic E-state index is 0.263. The van der Waals surface area contributed by atoms with Crippen LogP contribution in [0.4, 0.5) is 16.2 Å². The van der Waals surface area contributed by atoms with Crippen LogP contribution in [0.25, 0.3) is 10.8 Å². The van der Waals surface area contributed by atoms with Crippen molar-refractivity contribution in [3.05, 3.63) is 66.5 Å². The van der Waals surface area contributed by atoms with E-state index in [0.29, 0.717) is 11.4 Å². The number of urea groups is 1. The zero-order valence-electron chi connectivity index (χ0n) is 15.7. The summed E-state index contributed by atoms with van der Waals surface area (Å²) in [4.78, 5) is 20.6. The first-order valence-electron chi connectivity index (χ1n) is 9.06. The van der Waals surface area contributed by atoms with Crippen LogP contribution in [-0.2, 0) is 5.60 Å². The number of amides is 2. The summed E-state index contributed by atoms with van der Waals surface area (Å²) >= 11 is 0. The van der Waals surface area contributed by atoms with Crippen molar-refractivity contribution in [3.8, 4) is 6.07 Å². The molecule has 28 heavy (non-hydrogen) atoms. The van der Waals surface area contributed by atoms with Gasteiger partial charge in [-0.25, -0.2) is 4.79 Å². The van der Waals surface area contributed by atoms with Gasteiger partial charge in [-0.05, 0) is 31.5 Å². The number of nitrogens with zero attached hydrogens (tertiary/aromatic N) is 4. The highest BCUT2D eigenvalue weighted by Crippen LogP contribution is 2.33. The van der Waals surface area contributed by atoms with Gasteiger partial charge in [0.2, 0.25) is 0 Å². The highest BCUT2D eigenvalue weighted by molar-refractivity contribution is 6.11. The molecule has 1 atom stereocenters. The van der Waals surface area contributed by atoms with E-state index >= 15 is 0 Å². The molecule has 1 aliphatic heterocycles. The first-order valence-corrected chi connectivity index (χ1v) is 9.06. The summed E-state index contributed by atoms with van der Waals surface area (Å²) in [6, 6.07) is 16.2. The summed E-state index contributed by atoms with van der Waals surface area (Å²) in [5.41, 5.74) is 1.12. The molecule has 0 aliphatic carbocycles.